The minimum Gasteiger partial charge on any atom is -0.394 e. The van der Waals surface area contributed by atoms with E-state index < -0.39 is 11.2 Å². The molecule has 1 fully saturated rings. The molecule has 0 bridgehead atoms. The Morgan fingerprint density at radius 3 is 2.94 bits per heavy atom. The van der Waals surface area contributed by atoms with E-state index in [-0.39, 0.29) is 18.8 Å². The summed E-state index contributed by atoms with van der Waals surface area (Å²) in [5, 5.41) is 10.5. The summed E-state index contributed by atoms with van der Waals surface area (Å²) in [5.74, 6) is 0. The van der Waals surface area contributed by atoms with E-state index in [2.05, 4.69) is 9.97 Å². The minimum absolute atomic E-state index is 0.0951. The molecule has 0 aliphatic carbocycles. The highest BCUT2D eigenvalue weighted by Gasteiger charge is 2.33. The van der Waals surface area contributed by atoms with E-state index >= 15 is 0 Å². The standard InChI is InChI=1S/C9H13N3O4/c1-12-7(2-5(4-13)16-12)6-3-10-9(15)11-8(6)14/h3,5,7,13H,2,4H2,1H3,(H2,10,11,14,15)/t5-,7-/m0/s1. The lowest BCUT2D eigenvalue weighted by atomic mass is 10.1. The predicted molar refractivity (Wildman–Crippen MR) is 54.8 cm³/mol. The smallest absolute Gasteiger partial charge is 0.325 e. The van der Waals surface area contributed by atoms with Gasteiger partial charge in [-0.25, -0.2) is 4.79 Å². The fraction of sp³-hybridized carbons (Fsp3) is 0.556. The third kappa shape index (κ3) is 1.92. The van der Waals surface area contributed by atoms with Crippen molar-refractivity contribution >= 4 is 0 Å². The number of nitrogens with one attached hydrogen (secondary N) is 2. The predicted octanol–water partition coefficient (Wildman–Crippen LogP) is -1.27. The maximum Gasteiger partial charge on any atom is 0.325 e. The largest absolute Gasteiger partial charge is 0.394 e. The van der Waals surface area contributed by atoms with Crippen LogP contribution in [0, 0.1) is 0 Å². The second-order valence-corrected chi connectivity index (χ2v) is 3.73. The van der Waals surface area contributed by atoms with Crippen LogP contribution in [0.5, 0.6) is 0 Å². The van der Waals surface area contributed by atoms with Gasteiger partial charge in [0, 0.05) is 19.7 Å². The van der Waals surface area contributed by atoms with E-state index in [9.17, 15) is 9.59 Å². The Labute approximate surface area is 90.6 Å². The number of aromatic amines is 2. The lowest BCUT2D eigenvalue weighted by Gasteiger charge is -2.16. The highest BCUT2D eigenvalue weighted by molar-refractivity contribution is 5.10. The lowest BCUT2D eigenvalue weighted by molar-refractivity contribution is -0.153. The van der Waals surface area contributed by atoms with Crippen LogP contribution in [0.25, 0.3) is 0 Å². The molecule has 7 heteroatoms. The van der Waals surface area contributed by atoms with Gasteiger partial charge in [-0.1, -0.05) is 0 Å². The average Bonchev–Trinajstić information content (AvgIpc) is 2.60. The lowest BCUT2D eigenvalue weighted by Crippen LogP contribution is -2.29. The van der Waals surface area contributed by atoms with Crippen molar-refractivity contribution in [2.45, 2.75) is 18.6 Å². The first-order valence-corrected chi connectivity index (χ1v) is 4.94. The zero-order chi connectivity index (χ0) is 11.7. The van der Waals surface area contributed by atoms with Gasteiger partial charge >= 0.3 is 5.69 Å². The molecule has 2 heterocycles. The first-order valence-electron chi connectivity index (χ1n) is 4.94. The van der Waals surface area contributed by atoms with Gasteiger partial charge in [0.25, 0.3) is 5.56 Å². The van der Waals surface area contributed by atoms with Crippen molar-refractivity contribution in [3.63, 3.8) is 0 Å². The molecule has 88 valence electrons. The molecule has 7 nitrogen and oxygen atoms in total. The van der Waals surface area contributed by atoms with E-state index in [0.717, 1.165) is 0 Å². The molecule has 16 heavy (non-hydrogen) atoms. The van der Waals surface area contributed by atoms with E-state index in [1.54, 1.807) is 7.05 Å². The van der Waals surface area contributed by atoms with Gasteiger partial charge in [0.2, 0.25) is 0 Å². The Morgan fingerprint density at radius 2 is 2.38 bits per heavy atom. The normalized spacial score (nSPS) is 26.1. The molecule has 3 N–H and O–H groups in total. The van der Waals surface area contributed by atoms with E-state index in [0.29, 0.717) is 12.0 Å². The summed E-state index contributed by atoms with van der Waals surface area (Å²) in [5.41, 5.74) is -0.533. The Balaban J connectivity index is 2.31. The molecule has 2 atom stereocenters. The van der Waals surface area contributed by atoms with Crippen LogP contribution in [0.2, 0.25) is 0 Å². The Hall–Kier alpha value is -1.44. The fourth-order valence-corrected chi connectivity index (χ4v) is 1.85. The number of aliphatic hydroxyl groups excluding tert-OH is 1. The molecule has 0 radical (unpaired) electrons. The van der Waals surface area contributed by atoms with Crippen molar-refractivity contribution < 1.29 is 9.94 Å². The molecule has 0 unspecified atom stereocenters. The molecule has 1 aliphatic heterocycles. The van der Waals surface area contributed by atoms with Crippen molar-refractivity contribution in [3.8, 4) is 0 Å². The van der Waals surface area contributed by atoms with Crippen LogP contribution >= 0.6 is 0 Å². The molecule has 0 saturated carbocycles. The topological polar surface area (TPSA) is 98.4 Å². The quantitative estimate of drug-likeness (QED) is 0.585. The van der Waals surface area contributed by atoms with Crippen LogP contribution in [0.4, 0.5) is 0 Å². The molecule has 2 rings (SSSR count). The van der Waals surface area contributed by atoms with Crippen molar-refractivity contribution in [1.82, 2.24) is 15.0 Å². The van der Waals surface area contributed by atoms with Crippen LogP contribution < -0.4 is 11.2 Å². The Bertz CT molecular complexity index is 480. The third-order valence-corrected chi connectivity index (χ3v) is 2.65. The SMILES string of the molecule is CN1O[C@H](CO)C[C@H]1c1c[nH]c(=O)[nH]c1=O. The van der Waals surface area contributed by atoms with Crippen molar-refractivity contribution in [2.75, 3.05) is 13.7 Å². The number of aromatic nitrogens is 2. The van der Waals surface area contributed by atoms with Crippen molar-refractivity contribution in [1.29, 1.82) is 0 Å². The molecule has 0 aromatic carbocycles. The summed E-state index contributed by atoms with van der Waals surface area (Å²) in [6, 6.07) is -0.252. The van der Waals surface area contributed by atoms with Crippen LogP contribution in [0.3, 0.4) is 0 Å². The molecule has 1 aromatic rings. The van der Waals surface area contributed by atoms with Gasteiger partial charge in [-0.15, -0.1) is 0 Å². The maximum atomic E-state index is 11.5. The van der Waals surface area contributed by atoms with Crippen LogP contribution in [-0.4, -0.2) is 39.9 Å². The number of aliphatic hydroxyl groups is 1. The minimum atomic E-state index is -0.533. The zero-order valence-corrected chi connectivity index (χ0v) is 8.77. The van der Waals surface area contributed by atoms with E-state index in [1.807, 2.05) is 0 Å². The monoisotopic (exact) mass is 227 g/mol. The number of hydrogen-bond donors (Lipinski definition) is 3. The average molecular weight is 227 g/mol. The summed E-state index contributed by atoms with van der Waals surface area (Å²) >= 11 is 0. The van der Waals surface area contributed by atoms with Gasteiger partial charge in [0.1, 0.15) is 6.10 Å². The zero-order valence-electron chi connectivity index (χ0n) is 8.77. The summed E-state index contributed by atoms with van der Waals surface area (Å²) < 4.78 is 0. The number of nitrogens with zero attached hydrogens (tertiary/aromatic N) is 1. The summed E-state index contributed by atoms with van der Waals surface area (Å²) in [7, 11) is 1.69. The molecular weight excluding hydrogens is 214 g/mol. The molecule has 1 aliphatic rings. The molecule has 0 amide bonds. The Morgan fingerprint density at radius 1 is 1.62 bits per heavy atom. The van der Waals surface area contributed by atoms with Crippen molar-refractivity contribution in [2.24, 2.45) is 0 Å². The molecule has 1 aromatic heterocycles. The summed E-state index contributed by atoms with van der Waals surface area (Å²) in [6.45, 7) is -0.0951. The first-order chi connectivity index (χ1) is 7.61. The summed E-state index contributed by atoms with van der Waals surface area (Å²) in [6.07, 6.45) is 1.59. The van der Waals surface area contributed by atoms with Gasteiger partial charge in [0.05, 0.1) is 18.2 Å². The van der Waals surface area contributed by atoms with E-state index in [4.69, 9.17) is 9.94 Å². The van der Waals surface area contributed by atoms with Gasteiger partial charge in [-0.2, -0.15) is 5.06 Å². The molecular formula is C9H13N3O4. The van der Waals surface area contributed by atoms with Crippen LogP contribution in [-0.2, 0) is 4.84 Å². The van der Waals surface area contributed by atoms with Crippen LogP contribution in [0.1, 0.15) is 18.0 Å². The number of H-pyrrole nitrogens is 2. The van der Waals surface area contributed by atoms with Gasteiger partial charge < -0.3 is 10.1 Å². The van der Waals surface area contributed by atoms with Gasteiger partial charge in [-0.3, -0.25) is 14.6 Å². The second kappa shape index (κ2) is 4.20. The van der Waals surface area contributed by atoms with Gasteiger partial charge in [0.15, 0.2) is 0 Å². The van der Waals surface area contributed by atoms with Crippen LogP contribution in [0.15, 0.2) is 15.8 Å². The first kappa shape index (κ1) is 11.1. The third-order valence-electron chi connectivity index (χ3n) is 2.65. The number of hydroxylamine groups is 2. The highest BCUT2D eigenvalue weighted by atomic mass is 16.7. The fourth-order valence-electron chi connectivity index (χ4n) is 1.85. The number of rotatable bonds is 2. The van der Waals surface area contributed by atoms with Gasteiger partial charge in [-0.05, 0) is 0 Å². The maximum absolute atomic E-state index is 11.5. The second-order valence-electron chi connectivity index (χ2n) is 3.73. The van der Waals surface area contributed by atoms with E-state index in [1.165, 1.54) is 11.3 Å². The molecule has 1 saturated heterocycles. The molecule has 0 spiro atoms. The van der Waals surface area contributed by atoms with Crippen molar-refractivity contribution in [3.05, 3.63) is 32.6 Å². The summed E-state index contributed by atoms with van der Waals surface area (Å²) in [4.78, 5) is 32.3. The Kier molecular flexibility index (Phi) is 2.90. The highest BCUT2D eigenvalue weighted by Crippen LogP contribution is 2.29. The number of hydrogen-bond acceptors (Lipinski definition) is 5.